The molecule has 0 radical (unpaired) electrons. The molecule has 9 atom stereocenters. The van der Waals surface area contributed by atoms with Crippen molar-refractivity contribution in [3.05, 3.63) is 82.6 Å². The Balaban J connectivity index is 1.71. The van der Waals surface area contributed by atoms with Gasteiger partial charge in [-0.15, -0.1) is 0 Å². The van der Waals surface area contributed by atoms with Gasteiger partial charge in [-0.05, 0) is 104 Å². The maximum absolute atomic E-state index is 15.2. The lowest BCUT2D eigenvalue weighted by Gasteiger charge is -2.48. The Morgan fingerprint density at radius 2 is 1.20 bits per heavy atom. The lowest BCUT2D eigenvalue weighted by molar-refractivity contribution is -0.175. The summed E-state index contributed by atoms with van der Waals surface area (Å²) in [7, 11) is 0. The minimum absolute atomic E-state index is 0.0610. The van der Waals surface area contributed by atoms with Crippen molar-refractivity contribution in [3.63, 3.8) is 0 Å². The van der Waals surface area contributed by atoms with Crippen LogP contribution in [-0.2, 0) is 23.9 Å². The third-order valence-electron chi connectivity index (χ3n) is 12.1. The van der Waals surface area contributed by atoms with E-state index in [4.69, 9.17) is 9.47 Å². The van der Waals surface area contributed by atoms with Gasteiger partial charge < -0.3 is 14.6 Å². The van der Waals surface area contributed by atoms with Crippen LogP contribution in [0.15, 0.2) is 59.9 Å². The fourth-order valence-corrected chi connectivity index (χ4v) is 9.24. The van der Waals surface area contributed by atoms with Gasteiger partial charge in [0.05, 0.1) is 5.57 Å². The average molecular weight is 693 g/mol. The van der Waals surface area contributed by atoms with Gasteiger partial charge in [0.2, 0.25) is 0 Å². The highest BCUT2D eigenvalue weighted by Gasteiger charge is 2.63. The summed E-state index contributed by atoms with van der Waals surface area (Å²) in [6.07, 6.45) is 3.87. The summed E-state index contributed by atoms with van der Waals surface area (Å²) in [5.74, 6) is -4.71. The standard InChI is InChI=1S/C42H54F2O6/c1-23(2)32-18-8-25(5)20-36(32)49-40(47)38-35(46)22-34(28-10-14-30(43)15-11-28)42(27(7)45,39(38)29-12-16-31(44)17-13-29)41(48)50-37-21-26(6)9-19-33(37)24(3)4/h10-17,23-26,32-34,36-37,39,46H,8-9,18-22H2,1-7H3/t25-,26-,32+,33+,34-,36-,37-,39+,42+/m1/s1. The molecule has 8 heteroatoms. The fourth-order valence-electron chi connectivity index (χ4n) is 9.24. The highest BCUT2D eigenvalue weighted by atomic mass is 19.1. The van der Waals surface area contributed by atoms with Gasteiger partial charge in [0, 0.05) is 18.3 Å². The molecule has 0 amide bonds. The summed E-state index contributed by atoms with van der Waals surface area (Å²) in [5, 5.41) is 11.9. The summed E-state index contributed by atoms with van der Waals surface area (Å²) in [6.45, 7) is 13.9. The molecule has 5 rings (SSSR count). The van der Waals surface area contributed by atoms with Gasteiger partial charge in [0.15, 0.2) is 0 Å². The van der Waals surface area contributed by atoms with Crippen LogP contribution in [0.5, 0.6) is 0 Å². The number of hydrogen-bond acceptors (Lipinski definition) is 6. The zero-order valence-electron chi connectivity index (χ0n) is 30.6. The van der Waals surface area contributed by atoms with Crippen LogP contribution in [0.1, 0.15) is 116 Å². The number of allylic oxidation sites excluding steroid dienone is 1. The molecule has 272 valence electrons. The topological polar surface area (TPSA) is 89.9 Å². The van der Waals surface area contributed by atoms with E-state index in [1.807, 2.05) is 0 Å². The molecule has 2 fully saturated rings. The predicted molar refractivity (Wildman–Crippen MR) is 188 cm³/mol. The Labute approximate surface area is 296 Å². The molecule has 0 saturated heterocycles. The number of aliphatic hydroxyl groups excluding tert-OH is 1. The van der Waals surface area contributed by atoms with E-state index < -0.39 is 58.8 Å². The Bertz CT molecular complexity index is 1560. The molecule has 2 aromatic rings. The van der Waals surface area contributed by atoms with Crippen molar-refractivity contribution in [1.82, 2.24) is 0 Å². The first-order chi connectivity index (χ1) is 23.6. The summed E-state index contributed by atoms with van der Waals surface area (Å²) in [4.78, 5) is 44.3. The van der Waals surface area contributed by atoms with Crippen molar-refractivity contribution >= 4 is 17.7 Å². The molecule has 0 bridgehead atoms. The van der Waals surface area contributed by atoms with E-state index in [2.05, 4.69) is 41.5 Å². The first-order valence-electron chi connectivity index (χ1n) is 18.5. The zero-order chi connectivity index (χ0) is 36.5. The number of ketones is 1. The largest absolute Gasteiger partial charge is 0.512 e. The van der Waals surface area contributed by atoms with Gasteiger partial charge in [-0.3, -0.25) is 9.59 Å². The van der Waals surface area contributed by atoms with E-state index >= 15 is 4.79 Å². The van der Waals surface area contributed by atoms with Crippen LogP contribution in [0.2, 0.25) is 0 Å². The van der Waals surface area contributed by atoms with Crippen LogP contribution < -0.4 is 0 Å². The first-order valence-corrected chi connectivity index (χ1v) is 18.5. The van der Waals surface area contributed by atoms with Crippen molar-refractivity contribution in [2.24, 2.45) is 40.9 Å². The monoisotopic (exact) mass is 692 g/mol. The van der Waals surface area contributed by atoms with E-state index in [-0.39, 0.29) is 41.4 Å². The molecule has 0 heterocycles. The van der Waals surface area contributed by atoms with E-state index in [0.717, 1.165) is 25.7 Å². The molecular formula is C42H54F2O6. The van der Waals surface area contributed by atoms with Gasteiger partial charge in [0.25, 0.3) is 0 Å². The molecule has 1 N–H and O–H groups in total. The van der Waals surface area contributed by atoms with Crippen molar-refractivity contribution in [2.75, 3.05) is 0 Å². The van der Waals surface area contributed by atoms with E-state index in [9.17, 15) is 23.5 Å². The number of Topliss-reactive ketones (excluding diaryl/α,β-unsaturated/α-hetero) is 1. The molecule has 2 aromatic carbocycles. The summed E-state index contributed by atoms with van der Waals surface area (Å²) < 4.78 is 41.5. The SMILES string of the molecule is CC(=O)[C@]1(C(=O)O[C@@H]2C[C@H](C)CC[C@H]2C(C)C)[C@@H](c2ccc(F)cc2)CC(O)=C(C(=O)O[C@@H]2C[C@H](C)CC[C@H]2C(C)C)[C@@H]1c1ccc(F)cc1. The van der Waals surface area contributed by atoms with Crippen LogP contribution in [0, 0.1) is 52.6 Å². The van der Waals surface area contributed by atoms with Gasteiger partial charge >= 0.3 is 11.9 Å². The summed E-state index contributed by atoms with van der Waals surface area (Å²) in [6, 6.07) is 10.8. The second kappa shape index (κ2) is 15.4. The molecule has 6 nitrogen and oxygen atoms in total. The van der Waals surface area contributed by atoms with Crippen LogP contribution >= 0.6 is 0 Å². The number of halogens is 2. The number of esters is 2. The van der Waals surface area contributed by atoms with Crippen LogP contribution in [0.4, 0.5) is 8.78 Å². The van der Waals surface area contributed by atoms with Crippen molar-refractivity contribution in [3.8, 4) is 0 Å². The van der Waals surface area contributed by atoms with Crippen molar-refractivity contribution in [1.29, 1.82) is 0 Å². The zero-order valence-corrected chi connectivity index (χ0v) is 30.6. The molecule has 0 aromatic heterocycles. The Kier molecular flexibility index (Phi) is 11.6. The quantitative estimate of drug-likeness (QED) is 0.208. The number of carbonyl (C=O) groups is 3. The molecule has 3 aliphatic carbocycles. The number of rotatable bonds is 9. The highest BCUT2D eigenvalue weighted by molar-refractivity contribution is 6.08. The van der Waals surface area contributed by atoms with Gasteiger partial charge in [-0.2, -0.15) is 0 Å². The van der Waals surface area contributed by atoms with Crippen molar-refractivity contribution < 1.29 is 37.7 Å². The third-order valence-corrected chi connectivity index (χ3v) is 12.1. The lowest BCUT2D eigenvalue weighted by atomic mass is 9.54. The smallest absolute Gasteiger partial charge is 0.338 e. The van der Waals surface area contributed by atoms with E-state index in [1.54, 1.807) is 0 Å². The van der Waals surface area contributed by atoms with Crippen molar-refractivity contribution in [2.45, 2.75) is 117 Å². The number of benzene rings is 2. The second-order valence-corrected chi connectivity index (χ2v) is 16.1. The number of carbonyl (C=O) groups excluding carboxylic acids is 3. The third kappa shape index (κ3) is 7.41. The molecular weight excluding hydrogens is 638 g/mol. The maximum atomic E-state index is 15.2. The maximum Gasteiger partial charge on any atom is 0.338 e. The molecule has 0 spiro atoms. The summed E-state index contributed by atoms with van der Waals surface area (Å²) in [5.41, 5.74) is -1.54. The Morgan fingerprint density at radius 1 is 0.740 bits per heavy atom. The molecule has 50 heavy (non-hydrogen) atoms. The molecule has 0 unspecified atom stereocenters. The summed E-state index contributed by atoms with van der Waals surface area (Å²) >= 11 is 0. The number of aliphatic hydroxyl groups is 1. The van der Waals surface area contributed by atoms with Gasteiger partial charge in [0.1, 0.15) is 40.8 Å². The highest BCUT2D eigenvalue weighted by Crippen LogP contribution is 2.59. The fraction of sp³-hybridized carbons (Fsp3) is 0.595. The Hall–Kier alpha value is -3.55. The van der Waals surface area contributed by atoms with Crippen LogP contribution in [0.3, 0.4) is 0 Å². The van der Waals surface area contributed by atoms with E-state index in [1.165, 1.54) is 55.5 Å². The Morgan fingerprint density at radius 3 is 1.66 bits per heavy atom. The molecule has 2 saturated carbocycles. The molecule has 3 aliphatic rings. The van der Waals surface area contributed by atoms with Crippen LogP contribution in [-0.4, -0.2) is 35.0 Å². The van der Waals surface area contributed by atoms with Gasteiger partial charge in [-0.25, -0.2) is 13.6 Å². The first kappa shape index (κ1) is 37.7. The second-order valence-electron chi connectivity index (χ2n) is 16.1. The minimum Gasteiger partial charge on any atom is -0.512 e. The van der Waals surface area contributed by atoms with Gasteiger partial charge in [-0.1, -0.05) is 78.6 Å². The van der Waals surface area contributed by atoms with E-state index in [0.29, 0.717) is 35.8 Å². The normalized spacial score (nSPS) is 31.8. The molecule has 0 aliphatic heterocycles. The minimum atomic E-state index is -2.07. The average Bonchev–Trinajstić information content (AvgIpc) is 3.04. The predicted octanol–water partition coefficient (Wildman–Crippen LogP) is 9.63. The van der Waals surface area contributed by atoms with Crippen LogP contribution in [0.25, 0.3) is 0 Å². The number of ether oxygens (including phenoxy) is 2. The number of hydrogen-bond donors (Lipinski definition) is 1. The lowest BCUT2D eigenvalue weighted by Crippen LogP contribution is -2.54.